The van der Waals surface area contributed by atoms with Crippen molar-refractivity contribution in [3.05, 3.63) is 131 Å². The predicted octanol–water partition coefficient (Wildman–Crippen LogP) is 6.88. The van der Waals surface area contributed by atoms with Gasteiger partial charge in [-0.3, -0.25) is 4.79 Å². The first-order chi connectivity index (χ1) is 17.6. The molecule has 0 amide bonds. The van der Waals surface area contributed by atoms with Crippen molar-refractivity contribution in [1.82, 2.24) is 0 Å². The number of halogens is 1. The van der Waals surface area contributed by atoms with Gasteiger partial charge in [0.1, 0.15) is 0 Å². The van der Waals surface area contributed by atoms with Gasteiger partial charge in [0.15, 0.2) is 10.8 Å². The van der Waals surface area contributed by atoms with Crippen LogP contribution < -0.4 is 10.0 Å². The summed E-state index contributed by atoms with van der Waals surface area (Å²) in [7, 11) is 0. The zero-order valence-corrected chi connectivity index (χ0v) is 20.9. The number of ketones is 1. The summed E-state index contributed by atoms with van der Waals surface area (Å²) in [4.78, 5) is 11.7. The summed E-state index contributed by atoms with van der Waals surface area (Å²) in [5, 5.41) is 15.0. The second-order valence-corrected chi connectivity index (χ2v) is 10.1. The first-order valence-electron chi connectivity index (χ1n) is 11.5. The van der Waals surface area contributed by atoms with Crippen LogP contribution in [0.5, 0.6) is 0 Å². The predicted molar refractivity (Wildman–Crippen MR) is 149 cm³/mol. The van der Waals surface area contributed by atoms with Gasteiger partial charge in [-0.05, 0) is 48.2 Å². The molecule has 176 valence electrons. The van der Waals surface area contributed by atoms with Crippen LogP contribution in [-0.4, -0.2) is 16.5 Å². The molecular formula is C29H21ClN4OS. The third-order valence-electron chi connectivity index (χ3n) is 6.16. The maximum absolute atomic E-state index is 12.7. The highest BCUT2D eigenvalue weighted by atomic mass is 35.5. The Bertz CT molecular complexity index is 1510. The molecule has 0 aliphatic carbocycles. The van der Waals surface area contributed by atoms with E-state index in [4.69, 9.17) is 21.8 Å². The Kier molecular flexibility index (Phi) is 5.63. The number of benzene rings is 4. The first kappa shape index (κ1) is 22.6. The summed E-state index contributed by atoms with van der Waals surface area (Å²) in [6, 6.07) is 35.8. The zero-order chi connectivity index (χ0) is 24.7. The summed E-state index contributed by atoms with van der Waals surface area (Å²) < 4.78 is 0. The summed E-state index contributed by atoms with van der Waals surface area (Å²) >= 11 is 7.63. The van der Waals surface area contributed by atoms with E-state index in [0.29, 0.717) is 10.1 Å². The van der Waals surface area contributed by atoms with Gasteiger partial charge < -0.3 is 0 Å². The van der Waals surface area contributed by atoms with Crippen LogP contribution >= 0.6 is 23.4 Å². The number of thioether (sulfide) groups is 1. The smallest absolute Gasteiger partial charge is 0.234 e. The maximum atomic E-state index is 12.7. The van der Waals surface area contributed by atoms with Crippen molar-refractivity contribution >= 4 is 51.3 Å². The summed E-state index contributed by atoms with van der Waals surface area (Å²) in [5.41, 5.74) is 5.53. The van der Waals surface area contributed by atoms with Gasteiger partial charge in [-0.2, -0.15) is 10.2 Å². The molecule has 0 aromatic heterocycles. The van der Waals surface area contributed by atoms with E-state index in [1.54, 1.807) is 6.92 Å². The number of nitrogens with zero attached hydrogens (tertiary/aromatic N) is 4. The van der Waals surface area contributed by atoms with Crippen LogP contribution in [0.3, 0.4) is 0 Å². The van der Waals surface area contributed by atoms with Gasteiger partial charge in [0.05, 0.1) is 17.1 Å². The van der Waals surface area contributed by atoms with Gasteiger partial charge in [0.2, 0.25) is 4.99 Å². The molecule has 6 rings (SSSR count). The fourth-order valence-corrected chi connectivity index (χ4v) is 5.95. The summed E-state index contributed by atoms with van der Waals surface area (Å²) in [5.74, 6) is -0.0980. The number of anilines is 2. The van der Waals surface area contributed by atoms with Gasteiger partial charge in [-0.25, -0.2) is 10.0 Å². The average Bonchev–Trinajstić information content (AvgIpc) is 3.32. The second kappa shape index (κ2) is 8.97. The third kappa shape index (κ3) is 3.61. The topological polar surface area (TPSA) is 48.3 Å². The van der Waals surface area contributed by atoms with Gasteiger partial charge in [0.25, 0.3) is 0 Å². The highest BCUT2D eigenvalue weighted by molar-refractivity contribution is 8.17. The average molecular weight is 509 g/mol. The van der Waals surface area contributed by atoms with Crippen molar-refractivity contribution in [3.8, 4) is 0 Å². The SMILES string of the molecule is CC(=O)C1=NN(c2ccc(Cl)cc2)[C@@]2(S1)c1ccccc1C(c1ccccc1)=NN2c1ccccc1. The molecule has 5 nitrogen and oxygen atoms in total. The normalized spacial score (nSPS) is 18.6. The van der Waals surface area contributed by atoms with Crippen molar-refractivity contribution in [1.29, 1.82) is 0 Å². The number of hydrazone groups is 2. The third-order valence-corrected chi connectivity index (χ3v) is 7.82. The fourth-order valence-electron chi connectivity index (χ4n) is 4.54. The molecule has 1 atom stereocenters. The van der Waals surface area contributed by atoms with E-state index < -0.39 is 4.99 Å². The maximum Gasteiger partial charge on any atom is 0.234 e. The second-order valence-electron chi connectivity index (χ2n) is 8.47. The van der Waals surface area contributed by atoms with Gasteiger partial charge >= 0.3 is 0 Å². The molecule has 2 aliphatic rings. The van der Waals surface area contributed by atoms with Crippen molar-refractivity contribution < 1.29 is 4.79 Å². The molecule has 2 heterocycles. The summed E-state index contributed by atoms with van der Waals surface area (Å²) in [6.45, 7) is 1.55. The van der Waals surface area contributed by atoms with Gasteiger partial charge in [0, 0.05) is 28.6 Å². The van der Waals surface area contributed by atoms with E-state index in [1.807, 2.05) is 94.9 Å². The lowest BCUT2D eigenvalue weighted by Crippen LogP contribution is -2.54. The number of fused-ring (bicyclic) bond motifs is 2. The standard InChI is InChI=1S/C29H21ClN4OS/c1-20(35)28-32-34(24-18-16-22(30)17-19-24)29(36-28)26-15-9-8-14-25(26)27(21-10-4-2-5-11-21)31-33(29)23-12-6-3-7-13-23/h2-19H,1H3/t29-/m1/s1. The van der Waals surface area contributed by atoms with Gasteiger partial charge in [-0.15, -0.1) is 0 Å². The van der Waals surface area contributed by atoms with E-state index in [-0.39, 0.29) is 5.78 Å². The monoisotopic (exact) mass is 508 g/mol. The van der Waals surface area contributed by atoms with Crippen molar-refractivity contribution in [2.24, 2.45) is 10.2 Å². The van der Waals surface area contributed by atoms with Crippen LogP contribution in [0.1, 0.15) is 23.6 Å². The summed E-state index contributed by atoms with van der Waals surface area (Å²) in [6.07, 6.45) is 0. The Balaban J connectivity index is 1.66. The quantitative estimate of drug-likeness (QED) is 0.301. The Hall–Kier alpha value is -3.87. The van der Waals surface area contributed by atoms with Crippen LogP contribution in [0.25, 0.3) is 0 Å². The number of Topliss-reactive ketones (excluding diaryl/α,β-unsaturated/α-hetero) is 1. The zero-order valence-electron chi connectivity index (χ0n) is 19.4. The van der Waals surface area contributed by atoms with E-state index in [2.05, 4.69) is 24.3 Å². The van der Waals surface area contributed by atoms with E-state index >= 15 is 0 Å². The molecule has 1 spiro atoms. The fraction of sp³-hybridized carbons (Fsp3) is 0.0690. The lowest BCUT2D eigenvalue weighted by atomic mass is 9.93. The molecule has 2 aliphatic heterocycles. The van der Waals surface area contributed by atoms with Crippen LogP contribution in [-0.2, 0) is 9.79 Å². The van der Waals surface area contributed by atoms with Crippen molar-refractivity contribution in [3.63, 3.8) is 0 Å². The largest absolute Gasteiger partial charge is 0.292 e. The van der Waals surface area contributed by atoms with Gasteiger partial charge in [-0.1, -0.05) is 84.4 Å². The molecular weight excluding hydrogens is 488 g/mol. The van der Waals surface area contributed by atoms with Crippen LogP contribution in [0.2, 0.25) is 5.02 Å². The van der Waals surface area contributed by atoms with Crippen molar-refractivity contribution in [2.75, 3.05) is 10.0 Å². The first-order valence-corrected chi connectivity index (χ1v) is 12.7. The van der Waals surface area contributed by atoms with Crippen LogP contribution in [0.4, 0.5) is 11.4 Å². The lowest BCUT2D eigenvalue weighted by molar-refractivity contribution is -0.110. The number of rotatable bonds is 4. The van der Waals surface area contributed by atoms with E-state index in [0.717, 1.165) is 33.8 Å². The molecule has 0 unspecified atom stereocenters. The highest BCUT2D eigenvalue weighted by Crippen LogP contribution is 2.55. The Morgan fingerprint density at radius 1 is 0.750 bits per heavy atom. The molecule has 7 heteroatoms. The molecule has 0 fully saturated rings. The number of carbonyl (C=O) groups is 1. The number of hydrogen-bond acceptors (Lipinski definition) is 6. The van der Waals surface area contributed by atoms with Crippen LogP contribution in [0, 0.1) is 0 Å². The Morgan fingerprint density at radius 3 is 2.03 bits per heavy atom. The minimum Gasteiger partial charge on any atom is -0.292 e. The lowest BCUT2D eigenvalue weighted by Gasteiger charge is -2.47. The molecule has 0 saturated carbocycles. The molecule has 0 N–H and O–H groups in total. The molecule has 4 aromatic carbocycles. The Morgan fingerprint density at radius 2 is 1.33 bits per heavy atom. The number of hydrogen-bond donors (Lipinski definition) is 0. The number of carbonyl (C=O) groups excluding carboxylic acids is 1. The minimum atomic E-state index is -0.967. The molecule has 0 saturated heterocycles. The highest BCUT2D eigenvalue weighted by Gasteiger charge is 2.55. The molecule has 0 bridgehead atoms. The molecule has 4 aromatic rings. The molecule has 36 heavy (non-hydrogen) atoms. The molecule has 0 radical (unpaired) electrons. The minimum absolute atomic E-state index is 0.0980. The van der Waals surface area contributed by atoms with E-state index in [9.17, 15) is 4.79 Å². The van der Waals surface area contributed by atoms with Crippen LogP contribution in [0.15, 0.2) is 119 Å². The Labute approximate surface area is 218 Å². The van der Waals surface area contributed by atoms with Crippen molar-refractivity contribution in [2.45, 2.75) is 11.9 Å². The van der Waals surface area contributed by atoms with E-state index in [1.165, 1.54) is 11.8 Å². The number of para-hydroxylation sites is 1.